The van der Waals surface area contributed by atoms with Crippen LogP contribution in [0.2, 0.25) is 5.02 Å². The average molecular weight is 265 g/mol. The van der Waals surface area contributed by atoms with Crippen LogP contribution in [0.25, 0.3) is 0 Å². The third kappa shape index (κ3) is 2.68. The van der Waals surface area contributed by atoms with Gasteiger partial charge in [0.25, 0.3) is 5.91 Å². The summed E-state index contributed by atoms with van der Waals surface area (Å²) in [6.45, 7) is 2.95. The van der Waals surface area contributed by atoms with E-state index in [0.717, 1.165) is 5.56 Å². The standard InChI is InChI=1S/C12H13ClN4O/c1-2-17(12(18)11-7-14-16-15-11)8-9-5-3-4-6-10(9)13/h3-7H,2,8H2,1H3,(H,14,15,16). The van der Waals surface area contributed by atoms with Crippen LogP contribution in [0.5, 0.6) is 0 Å². The molecule has 0 fully saturated rings. The lowest BCUT2D eigenvalue weighted by Gasteiger charge is -2.20. The Balaban J connectivity index is 2.15. The smallest absolute Gasteiger partial charge is 0.276 e. The van der Waals surface area contributed by atoms with Crippen molar-refractivity contribution in [2.24, 2.45) is 0 Å². The molecule has 0 saturated carbocycles. The van der Waals surface area contributed by atoms with Crippen LogP contribution in [0.15, 0.2) is 30.5 Å². The van der Waals surface area contributed by atoms with E-state index in [1.165, 1.54) is 6.20 Å². The summed E-state index contributed by atoms with van der Waals surface area (Å²) in [6, 6.07) is 7.48. The Morgan fingerprint density at radius 2 is 2.22 bits per heavy atom. The van der Waals surface area contributed by atoms with Gasteiger partial charge < -0.3 is 4.90 Å². The molecule has 2 rings (SSSR count). The number of carbonyl (C=O) groups excluding carboxylic acids is 1. The fraction of sp³-hybridized carbons (Fsp3) is 0.250. The van der Waals surface area contributed by atoms with Crippen molar-refractivity contribution in [1.82, 2.24) is 20.3 Å². The van der Waals surface area contributed by atoms with Gasteiger partial charge in [0, 0.05) is 18.1 Å². The van der Waals surface area contributed by atoms with Gasteiger partial charge in [-0.15, -0.1) is 0 Å². The topological polar surface area (TPSA) is 61.9 Å². The van der Waals surface area contributed by atoms with Crippen molar-refractivity contribution in [3.8, 4) is 0 Å². The molecule has 0 aliphatic heterocycles. The number of nitrogens with one attached hydrogen (secondary N) is 1. The Bertz CT molecular complexity index is 527. The van der Waals surface area contributed by atoms with Crippen LogP contribution in [0, 0.1) is 0 Å². The quantitative estimate of drug-likeness (QED) is 0.920. The molecule has 0 bridgehead atoms. The largest absolute Gasteiger partial charge is 0.333 e. The van der Waals surface area contributed by atoms with E-state index in [0.29, 0.717) is 23.8 Å². The molecule has 0 saturated heterocycles. The van der Waals surface area contributed by atoms with Gasteiger partial charge in [-0.2, -0.15) is 15.4 Å². The maximum atomic E-state index is 12.1. The molecule has 0 aliphatic carbocycles. The number of carbonyl (C=O) groups is 1. The summed E-state index contributed by atoms with van der Waals surface area (Å²) in [5.74, 6) is -0.161. The molecule has 94 valence electrons. The number of H-pyrrole nitrogens is 1. The molecule has 18 heavy (non-hydrogen) atoms. The molecule has 5 nitrogen and oxygen atoms in total. The van der Waals surface area contributed by atoms with Crippen molar-refractivity contribution >= 4 is 17.5 Å². The Hall–Kier alpha value is -1.88. The minimum atomic E-state index is -0.161. The van der Waals surface area contributed by atoms with Gasteiger partial charge in [-0.05, 0) is 18.6 Å². The minimum Gasteiger partial charge on any atom is -0.333 e. The van der Waals surface area contributed by atoms with Crippen molar-refractivity contribution in [1.29, 1.82) is 0 Å². The van der Waals surface area contributed by atoms with Gasteiger partial charge >= 0.3 is 0 Å². The molecule has 1 heterocycles. The van der Waals surface area contributed by atoms with E-state index in [2.05, 4.69) is 15.4 Å². The van der Waals surface area contributed by atoms with Crippen molar-refractivity contribution in [3.05, 3.63) is 46.7 Å². The summed E-state index contributed by atoms with van der Waals surface area (Å²) in [6.07, 6.45) is 1.41. The number of hydrogen-bond acceptors (Lipinski definition) is 3. The first kappa shape index (κ1) is 12.6. The Labute approximate surface area is 110 Å². The van der Waals surface area contributed by atoms with E-state index >= 15 is 0 Å². The third-order valence-electron chi connectivity index (χ3n) is 2.62. The molecule has 1 amide bonds. The highest BCUT2D eigenvalue weighted by Crippen LogP contribution is 2.17. The number of hydrogen-bond donors (Lipinski definition) is 1. The summed E-state index contributed by atoms with van der Waals surface area (Å²) in [5, 5.41) is 10.5. The van der Waals surface area contributed by atoms with E-state index in [1.54, 1.807) is 4.90 Å². The molecule has 1 N–H and O–H groups in total. The summed E-state index contributed by atoms with van der Waals surface area (Å²) in [7, 11) is 0. The van der Waals surface area contributed by atoms with Crippen LogP contribution in [0.3, 0.4) is 0 Å². The van der Waals surface area contributed by atoms with Crippen molar-refractivity contribution in [2.75, 3.05) is 6.54 Å². The molecule has 6 heteroatoms. The van der Waals surface area contributed by atoms with Gasteiger partial charge in [-0.3, -0.25) is 4.79 Å². The number of benzene rings is 1. The van der Waals surface area contributed by atoms with Gasteiger partial charge in [0.05, 0.1) is 6.20 Å². The fourth-order valence-corrected chi connectivity index (χ4v) is 1.82. The molecule has 0 unspecified atom stereocenters. The first-order valence-corrected chi connectivity index (χ1v) is 5.98. The van der Waals surface area contributed by atoms with Gasteiger partial charge in [0.15, 0.2) is 5.69 Å². The van der Waals surface area contributed by atoms with E-state index in [-0.39, 0.29) is 5.91 Å². The lowest BCUT2D eigenvalue weighted by Crippen LogP contribution is -2.30. The molecule has 0 radical (unpaired) electrons. The van der Waals surface area contributed by atoms with Crippen molar-refractivity contribution in [2.45, 2.75) is 13.5 Å². The van der Waals surface area contributed by atoms with Crippen LogP contribution >= 0.6 is 11.6 Å². The maximum Gasteiger partial charge on any atom is 0.276 e. The minimum absolute atomic E-state index is 0.161. The first-order valence-electron chi connectivity index (χ1n) is 5.60. The van der Waals surface area contributed by atoms with Crippen LogP contribution in [-0.2, 0) is 6.54 Å². The van der Waals surface area contributed by atoms with Crippen LogP contribution < -0.4 is 0 Å². The summed E-state index contributed by atoms with van der Waals surface area (Å²) >= 11 is 6.08. The summed E-state index contributed by atoms with van der Waals surface area (Å²) in [5.41, 5.74) is 1.22. The zero-order chi connectivity index (χ0) is 13.0. The lowest BCUT2D eigenvalue weighted by molar-refractivity contribution is 0.0746. The van der Waals surface area contributed by atoms with E-state index in [4.69, 9.17) is 11.6 Å². The second kappa shape index (κ2) is 5.64. The molecular formula is C12H13ClN4O. The second-order valence-electron chi connectivity index (χ2n) is 3.77. The number of aromatic amines is 1. The Kier molecular flexibility index (Phi) is 3.94. The molecule has 0 aliphatic rings. The normalized spacial score (nSPS) is 10.3. The highest BCUT2D eigenvalue weighted by atomic mass is 35.5. The predicted octanol–water partition coefficient (Wildman–Crippen LogP) is 2.12. The zero-order valence-corrected chi connectivity index (χ0v) is 10.7. The van der Waals surface area contributed by atoms with Crippen LogP contribution in [-0.4, -0.2) is 32.8 Å². The summed E-state index contributed by atoms with van der Waals surface area (Å²) < 4.78 is 0. The van der Waals surface area contributed by atoms with E-state index < -0.39 is 0 Å². The average Bonchev–Trinajstić information content (AvgIpc) is 2.91. The summed E-state index contributed by atoms with van der Waals surface area (Å²) in [4.78, 5) is 13.8. The van der Waals surface area contributed by atoms with Gasteiger partial charge in [-0.25, -0.2) is 0 Å². The molecule has 2 aromatic rings. The van der Waals surface area contributed by atoms with Crippen molar-refractivity contribution < 1.29 is 4.79 Å². The molecular weight excluding hydrogens is 252 g/mol. The Morgan fingerprint density at radius 3 is 2.83 bits per heavy atom. The first-order chi connectivity index (χ1) is 8.72. The Morgan fingerprint density at radius 1 is 1.44 bits per heavy atom. The highest BCUT2D eigenvalue weighted by Gasteiger charge is 2.17. The number of aromatic nitrogens is 3. The monoisotopic (exact) mass is 264 g/mol. The van der Waals surface area contributed by atoms with Crippen molar-refractivity contribution in [3.63, 3.8) is 0 Å². The van der Waals surface area contributed by atoms with E-state index in [9.17, 15) is 4.79 Å². The van der Waals surface area contributed by atoms with Gasteiger partial charge in [-0.1, -0.05) is 29.8 Å². The third-order valence-corrected chi connectivity index (χ3v) is 2.99. The molecule has 1 aromatic heterocycles. The highest BCUT2D eigenvalue weighted by molar-refractivity contribution is 6.31. The number of nitrogens with zero attached hydrogens (tertiary/aromatic N) is 3. The molecule has 1 aromatic carbocycles. The predicted molar refractivity (Wildman–Crippen MR) is 68.2 cm³/mol. The number of amides is 1. The molecule has 0 spiro atoms. The van der Waals surface area contributed by atoms with Crippen LogP contribution in [0.1, 0.15) is 23.0 Å². The van der Waals surface area contributed by atoms with E-state index in [1.807, 2.05) is 31.2 Å². The van der Waals surface area contributed by atoms with Gasteiger partial charge in [0.1, 0.15) is 0 Å². The number of halogens is 1. The lowest BCUT2D eigenvalue weighted by atomic mass is 10.2. The SMILES string of the molecule is CCN(Cc1ccccc1Cl)C(=O)c1cn[nH]n1. The fourth-order valence-electron chi connectivity index (χ4n) is 1.63. The molecule has 0 atom stereocenters. The second-order valence-corrected chi connectivity index (χ2v) is 4.17. The number of rotatable bonds is 4. The van der Waals surface area contributed by atoms with Gasteiger partial charge in [0.2, 0.25) is 0 Å². The zero-order valence-electron chi connectivity index (χ0n) is 9.93. The van der Waals surface area contributed by atoms with Crippen LogP contribution in [0.4, 0.5) is 0 Å². The maximum absolute atomic E-state index is 12.1.